The molecular formula is C8H13ClN2O5S3. The topological polar surface area (TPSA) is 103 Å². The lowest BCUT2D eigenvalue weighted by atomic mass is 10.5. The third-order valence-corrected chi connectivity index (χ3v) is 7.66. The van der Waals surface area contributed by atoms with E-state index in [9.17, 15) is 14.0 Å². The van der Waals surface area contributed by atoms with Crippen molar-refractivity contribution < 1.29 is 32.7 Å². The van der Waals surface area contributed by atoms with Gasteiger partial charge >= 0.3 is 0 Å². The number of thioether (sulfide) groups is 1. The summed E-state index contributed by atoms with van der Waals surface area (Å²) in [7, 11) is -4.48. The molecule has 0 saturated carbocycles. The first-order chi connectivity index (χ1) is 8.99. The van der Waals surface area contributed by atoms with Crippen molar-refractivity contribution in [3.8, 4) is 0 Å². The molecule has 19 heavy (non-hydrogen) atoms. The Morgan fingerprint density at radius 2 is 2.16 bits per heavy atom. The van der Waals surface area contributed by atoms with Gasteiger partial charge in [-0.1, -0.05) is 18.7 Å². The number of morpholine rings is 1. The molecular weight excluding hydrogens is 336 g/mol. The normalized spacial score (nSPS) is 25.8. The molecule has 110 valence electrons. The van der Waals surface area contributed by atoms with Crippen LogP contribution in [0.25, 0.3) is 0 Å². The summed E-state index contributed by atoms with van der Waals surface area (Å²) >= 11 is 1.50. The third kappa shape index (κ3) is 4.84. The van der Waals surface area contributed by atoms with Gasteiger partial charge in [-0.15, -0.1) is 0 Å². The molecule has 0 bridgehead atoms. The Morgan fingerprint density at radius 3 is 2.74 bits per heavy atom. The molecule has 7 nitrogen and oxygen atoms in total. The van der Waals surface area contributed by atoms with E-state index in [1.165, 1.54) is 22.6 Å². The van der Waals surface area contributed by atoms with Gasteiger partial charge in [-0.05, 0) is 5.75 Å². The van der Waals surface area contributed by atoms with Crippen molar-refractivity contribution in [2.75, 3.05) is 32.1 Å². The average Bonchev–Trinajstić information content (AvgIpc) is 2.71. The number of nitrogens with zero attached hydrogens (tertiary/aromatic N) is 2. The minimum atomic E-state index is -4.46. The van der Waals surface area contributed by atoms with E-state index in [2.05, 4.69) is 8.73 Å². The van der Waals surface area contributed by atoms with Crippen LogP contribution in [0, 0.1) is 10.2 Å². The lowest BCUT2D eigenvalue weighted by Crippen LogP contribution is -2.60. The second kappa shape index (κ2) is 7.07. The maximum Gasteiger partial charge on any atom is 0.212 e. The quantitative estimate of drug-likeness (QED) is 0.438. The van der Waals surface area contributed by atoms with Gasteiger partial charge in [0.25, 0.3) is 0 Å². The Balaban J connectivity index is 2.14. The van der Waals surface area contributed by atoms with E-state index < -0.39 is 20.0 Å². The molecule has 0 aromatic rings. The smallest absolute Gasteiger partial charge is 0.212 e. The van der Waals surface area contributed by atoms with Crippen LogP contribution >= 0.6 is 32.4 Å². The van der Waals surface area contributed by atoms with Crippen molar-refractivity contribution in [1.82, 2.24) is 4.90 Å². The SMILES string of the molecule is CCSC1=NC(N2CCOCC2)=S(O[Cl+3]([O-])([O-])[O-])S1. The van der Waals surface area contributed by atoms with E-state index in [-0.39, 0.29) is 0 Å². The van der Waals surface area contributed by atoms with Gasteiger partial charge in [0.05, 0.1) is 23.5 Å². The Hall–Kier alpha value is 0.640. The molecule has 2 aliphatic rings. The Bertz CT molecular complexity index is 394. The molecule has 0 amide bonds. The van der Waals surface area contributed by atoms with E-state index in [1.54, 1.807) is 0 Å². The highest BCUT2D eigenvalue weighted by Crippen LogP contribution is 2.45. The molecule has 0 aliphatic carbocycles. The number of halogens is 1. The predicted molar refractivity (Wildman–Crippen MR) is 69.2 cm³/mol. The van der Waals surface area contributed by atoms with Gasteiger partial charge in [0.15, 0.2) is 8.85 Å². The molecule has 1 fully saturated rings. The number of hydrogen-bond acceptors (Lipinski definition) is 9. The minimum Gasteiger partial charge on any atom is -0.379 e. The maximum absolute atomic E-state index is 10.8. The van der Waals surface area contributed by atoms with Crippen molar-refractivity contribution in [2.45, 2.75) is 6.92 Å². The summed E-state index contributed by atoms with van der Waals surface area (Å²) in [5, 5.41) is 0.510. The standard InChI is InChI=1S/C8H13ClN2O5S3/c1-2-17-8-10-7(11-3-5-15-6-4-11)19(18-8)16-9(12,13)14/h2-6H2,1H3. The summed E-state index contributed by atoms with van der Waals surface area (Å²) in [5.41, 5.74) is 0. The highest BCUT2D eigenvalue weighted by atomic mass is 35.7. The van der Waals surface area contributed by atoms with Gasteiger partial charge in [-0.3, -0.25) is 0 Å². The number of aliphatic imine (C=N–C) groups is 1. The fraction of sp³-hybridized carbons (Fsp3) is 0.750. The van der Waals surface area contributed by atoms with E-state index >= 15 is 0 Å². The van der Waals surface area contributed by atoms with Crippen LogP contribution in [-0.4, -0.2) is 46.4 Å². The number of rotatable bonds is 3. The van der Waals surface area contributed by atoms with Crippen molar-refractivity contribution in [3.05, 3.63) is 0 Å². The molecule has 2 heterocycles. The van der Waals surface area contributed by atoms with Gasteiger partial charge in [-0.2, -0.15) is 14.0 Å². The highest BCUT2D eigenvalue weighted by Gasteiger charge is 2.35. The van der Waals surface area contributed by atoms with Crippen LogP contribution in [0.4, 0.5) is 0 Å². The lowest BCUT2D eigenvalue weighted by Gasteiger charge is -2.25. The molecule has 11 heteroatoms. The van der Waals surface area contributed by atoms with Gasteiger partial charge in [0.1, 0.15) is 4.38 Å². The van der Waals surface area contributed by atoms with Crippen molar-refractivity contribution in [3.63, 3.8) is 0 Å². The first kappa shape index (κ1) is 16.0. The molecule has 1 atom stereocenters. The van der Waals surface area contributed by atoms with E-state index in [4.69, 9.17) is 4.74 Å². The lowest BCUT2D eigenvalue weighted by molar-refractivity contribution is -1.91. The average molecular weight is 349 g/mol. The van der Waals surface area contributed by atoms with E-state index in [1.807, 2.05) is 11.8 Å². The summed E-state index contributed by atoms with van der Waals surface area (Å²) in [4.78, 5) is 6.28. The third-order valence-electron chi connectivity index (χ3n) is 2.17. The van der Waals surface area contributed by atoms with Crippen LogP contribution in [0.15, 0.2) is 4.99 Å². The van der Waals surface area contributed by atoms with E-state index in [0.717, 1.165) is 10.1 Å². The summed E-state index contributed by atoms with van der Waals surface area (Å²) < 4.78 is 42.8. The van der Waals surface area contributed by atoms with Crippen LogP contribution in [0.5, 0.6) is 0 Å². The molecule has 0 N–H and O–H groups in total. The molecule has 0 spiro atoms. The molecule has 0 aromatic heterocycles. The minimum absolute atomic E-state index is 0.510. The van der Waals surface area contributed by atoms with Crippen LogP contribution in [0.2, 0.25) is 0 Å². The predicted octanol–water partition coefficient (Wildman–Crippen LogP) is -1.73. The van der Waals surface area contributed by atoms with Crippen LogP contribution in [-0.2, 0) is 8.47 Å². The second-order valence-electron chi connectivity index (χ2n) is 3.45. The fourth-order valence-electron chi connectivity index (χ4n) is 1.46. The van der Waals surface area contributed by atoms with Crippen LogP contribution in [0.3, 0.4) is 0 Å². The highest BCUT2D eigenvalue weighted by molar-refractivity contribution is 8.91. The van der Waals surface area contributed by atoms with Gasteiger partial charge in [0, 0.05) is 23.9 Å². The Kier molecular flexibility index (Phi) is 5.96. The summed E-state index contributed by atoms with van der Waals surface area (Å²) in [6.07, 6.45) is 0. The zero-order chi connectivity index (χ0) is 13.9. The number of ether oxygens (including phenoxy) is 1. The fourth-order valence-corrected chi connectivity index (χ4v) is 7.23. The summed E-state index contributed by atoms with van der Waals surface area (Å²) in [5.74, 6) is 0.821. The van der Waals surface area contributed by atoms with Crippen molar-refractivity contribution in [1.29, 1.82) is 0 Å². The summed E-state index contributed by atoms with van der Waals surface area (Å²) in [6.45, 7) is 4.32. The molecule has 1 unspecified atom stereocenters. The van der Waals surface area contributed by atoms with Crippen molar-refractivity contribution >= 4 is 41.8 Å². The number of hydrogen-bond donors (Lipinski definition) is 0. The molecule has 1 saturated heterocycles. The monoisotopic (exact) mass is 348 g/mol. The molecule has 0 aromatic carbocycles. The van der Waals surface area contributed by atoms with E-state index in [0.29, 0.717) is 31.4 Å². The zero-order valence-electron chi connectivity index (χ0n) is 10.1. The van der Waals surface area contributed by atoms with Crippen molar-refractivity contribution in [2.24, 2.45) is 4.99 Å². The summed E-state index contributed by atoms with van der Waals surface area (Å²) in [6, 6.07) is 0. The Labute approximate surface area is 123 Å². The molecule has 0 radical (unpaired) electrons. The maximum atomic E-state index is 10.8. The van der Waals surface area contributed by atoms with Gasteiger partial charge in [-0.25, -0.2) is 9.89 Å². The zero-order valence-corrected chi connectivity index (χ0v) is 13.3. The second-order valence-corrected chi connectivity index (χ2v) is 9.02. The molecule has 2 aliphatic heterocycles. The van der Waals surface area contributed by atoms with Crippen LogP contribution < -0.4 is 14.0 Å². The first-order valence-corrected chi connectivity index (χ1v) is 10.1. The van der Waals surface area contributed by atoms with Gasteiger partial charge in [0.2, 0.25) is 9.80 Å². The van der Waals surface area contributed by atoms with Gasteiger partial charge < -0.3 is 4.74 Å². The Morgan fingerprint density at radius 1 is 1.47 bits per heavy atom. The first-order valence-electron chi connectivity index (χ1n) is 5.44. The largest absolute Gasteiger partial charge is 0.379 e. The molecule has 2 rings (SSSR count). The van der Waals surface area contributed by atoms with Crippen LogP contribution in [0.1, 0.15) is 6.92 Å².